The van der Waals surface area contributed by atoms with Crippen molar-refractivity contribution in [3.05, 3.63) is 34.0 Å². The Morgan fingerprint density at radius 2 is 2.05 bits per heavy atom. The van der Waals surface area contributed by atoms with E-state index in [2.05, 4.69) is 27.3 Å². The SMILES string of the molecule is CCCc1nc(Cl)c(C)c(NCc2cnn(C)c2C)n1. The Balaban J connectivity index is 2.18. The van der Waals surface area contributed by atoms with E-state index in [0.717, 1.165) is 41.3 Å². The molecule has 2 heterocycles. The van der Waals surface area contributed by atoms with Crippen LogP contribution in [-0.2, 0) is 20.0 Å². The summed E-state index contributed by atoms with van der Waals surface area (Å²) >= 11 is 6.16. The first-order valence-electron chi connectivity index (χ1n) is 6.77. The van der Waals surface area contributed by atoms with E-state index in [4.69, 9.17) is 11.6 Å². The lowest BCUT2D eigenvalue weighted by Crippen LogP contribution is -2.08. The number of rotatable bonds is 5. The number of aromatic nitrogens is 4. The van der Waals surface area contributed by atoms with Crippen molar-refractivity contribution in [1.29, 1.82) is 0 Å². The Morgan fingerprint density at radius 1 is 1.30 bits per heavy atom. The summed E-state index contributed by atoms with van der Waals surface area (Å²) < 4.78 is 1.86. The number of nitrogens with one attached hydrogen (secondary N) is 1. The Hall–Kier alpha value is -1.62. The quantitative estimate of drug-likeness (QED) is 0.861. The lowest BCUT2D eigenvalue weighted by atomic mass is 10.2. The summed E-state index contributed by atoms with van der Waals surface area (Å²) in [5, 5.41) is 8.09. The smallest absolute Gasteiger partial charge is 0.137 e. The fraction of sp³-hybridized carbons (Fsp3) is 0.500. The Kier molecular flexibility index (Phi) is 4.60. The lowest BCUT2D eigenvalue weighted by Gasteiger charge is -2.11. The number of anilines is 1. The summed E-state index contributed by atoms with van der Waals surface area (Å²) in [6, 6.07) is 0. The summed E-state index contributed by atoms with van der Waals surface area (Å²) in [7, 11) is 1.94. The summed E-state index contributed by atoms with van der Waals surface area (Å²) in [5.74, 6) is 1.59. The first-order chi connectivity index (χ1) is 9.52. The molecule has 0 aliphatic carbocycles. The molecule has 5 nitrogen and oxygen atoms in total. The highest BCUT2D eigenvalue weighted by Crippen LogP contribution is 2.21. The predicted octanol–water partition coefficient (Wildman–Crippen LogP) is 3.04. The molecule has 0 radical (unpaired) electrons. The molecule has 0 saturated heterocycles. The van der Waals surface area contributed by atoms with Crippen LogP contribution in [0.5, 0.6) is 0 Å². The summed E-state index contributed by atoms with van der Waals surface area (Å²) in [5.41, 5.74) is 3.18. The van der Waals surface area contributed by atoms with Gasteiger partial charge in [-0.3, -0.25) is 4.68 Å². The third-order valence-electron chi connectivity index (χ3n) is 3.39. The second kappa shape index (κ2) is 6.22. The number of hydrogen-bond donors (Lipinski definition) is 1. The maximum atomic E-state index is 6.16. The molecule has 20 heavy (non-hydrogen) atoms. The molecule has 1 N–H and O–H groups in total. The van der Waals surface area contributed by atoms with E-state index >= 15 is 0 Å². The zero-order valence-corrected chi connectivity index (χ0v) is 13.1. The largest absolute Gasteiger partial charge is 0.365 e. The van der Waals surface area contributed by atoms with Gasteiger partial charge in [0.2, 0.25) is 0 Å². The Morgan fingerprint density at radius 3 is 2.65 bits per heavy atom. The highest BCUT2D eigenvalue weighted by Gasteiger charge is 2.10. The molecule has 0 aliphatic heterocycles. The third kappa shape index (κ3) is 3.10. The van der Waals surface area contributed by atoms with Gasteiger partial charge in [0.15, 0.2) is 0 Å². The average Bonchev–Trinajstić information content (AvgIpc) is 2.73. The summed E-state index contributed by atoms with van der Waals surface area (Å²) in [4.78, 5) is 8.84. The lowest BCUT2D eigenvalue weighted by molar-refractivity contribution is 0.738. The van der Waals surface area contributed by atoms with Crippen LogP contribution in [0.3, 0.4) is 0 Å². The molecule has 0 bridgehead atoms. The van der Waals surface area contributed by atoms with E-state index in [0.29, 0.717) is 11.7 Å². The van der Waals surface area contributed by atoms with Crippen molar-refractivity contribution in [3.63, 3.8) is 0 Å². The van der Waals surface area contributed by atoms with E-state index in [9.17, 15) is 0 Å². The van der Waals surface area contributed by atoms with Gasteiger partial charge in [-0.15, -0.1) is 0 Å². The van der Waals surface area contributed by atoms with Crippen molar-refractivity contribution in [1.82, 2.24) is 19.7 Å². The van der Waals surface area contributed by atoms with Crippen LogP contribution in [0.1, 0.15) is 36.0 Å². The minimum absolute atomic E-state index is 0.522. The molecule has 0 saturated carbocycles. The van der Waals surface area contributed by atoms with Crippen molar-refractivity contribution < 1.29 is 0 Å². The van der Waals surface area contributed by atoms with Gasteiger partial charge in [0.25, 0.3) is 0 Å². The van der Waals surface area contributed by atoms with Gasteiger partial charge in [-0.2, -0.15) is 5.10 Å². The molecule has 108 valence electrons. The van der Waals surface area contributed by atoms with Crippen LogP contribution in [0.4, 0.5) is 5.82 Å². The van der Waals surface area contributed by atoms with Crippen LogP contribution in [0.2, 0.25) is 5.15 Å². The average molecular weight is 294 g/mol. The molecule has 0 fully saturated rings. The summed E-state index contributed by atoms with van der Waals surface area (Å²) in [6.07, 6.45) is 3.70. The van der Waals surface area contributed by atoms with E-state index in [1.807, 2.05) is 31.8 Å². The monoisotopic (exact) mass is 293 g/mol. The molecule has 0 amide bonds. The molecule has 2 rings (SSSR count). The molecular formula is C14H20ClN5. The second-order valence-electron chi connectivity index (χ2n) is 4.89. The van der Waals surface area contributed by atoms with Crippen LogP contribution in [0.25, 0.3) is 0 Å². The molecule has 0 aromatic carbocycles. The molecule has 0 aliphatic rings. The number of aryl methyl sites for hydroxylation is 2. The number of hydrogen-bond acceptors (Lipinski definition) is 4. The Labute approximate surface area is 124 Å². The van der Waals surface area contributed by atoms with Crippen LogP contribution in [-0.4, -0.2) is 19.7 Å². The zero-order chi connectivity index (χ0) is 14.7. The van der Waals surface area contributed by atoms with Gasteiger partial charge in [-0.05, 0) is 20.3 Å². The topological polar surface area (TPSA) is 55.6 Å². The maximum absolute atomic E-state index is 6.16. The van der Waals surface area contributed by atoms with Gasteiger partial charge >= 0.3 is 0 Å². The third-order valence-corrected chi connectivity index (χ3v) is 3.76. The first-order valence-corrected chi connectivity index (χ1v) is 7.15. The highest BCUT2D eigenvalue weighted by atomic mass is 35.5. The van der Waals surface area contributed by atoms with Crippen LogP contribution >= 0.6 is 11.6 Å². The van der Waals surface area contributed by atoms with Gasteiger partial charge < -0.3 is 5.32 Å². The first kappa shape index (κ1) is 14.8. The van der Waals surface area contributed by atoms with Crippen molar-refractivity contribution in [2.24, 2.45) is 7.05 Å². The van der Waals surface area contributed by atoms with Gasteiger partial charge in [0.05, 0.1) is 6.20 Å². The molecular weight excluding hydrogens is 274 g/mol. The normalized spacial score (nSPS) is 10.8. The number of halogens is 1. The standard InChI is InChI=1S/C14H20ClN5/c1-5-6-12-18-13(15)9(2)14(19-12)16-7-11-8-17-20(4)10(11)3/h8H,5-7H2,1-4H3,(H,16,18,19). The van der Waals surface area contributed by atoms with E-state index in [-0.39, 0.29) is 0 Å². The van der Waals surface area contributed by atoms with Crippen LogP contribution in [0.15, 0.2) is 6.20 Å². The molecule has 0 atom stereocenters. The molecule has 0 spiro atoms. The predicted molar refractivity (Wildman–Crippen MR) is 81.0 cm³/mol. The molecule has 0 unspecified atom stereocenters. The van der Waals surface area contributed by atoms with E-state index < -0.39 is 0 Å². The zero-order valence-electron chi connectivity index (χ0n) is 12.4. The maximum Gasteiger partial charge on any atom is 0.137 e. The fourth-order valence-corrected chi connectivity index (χ4v) is 2.12. The van der Waals surface area contributed by atoms with Crippen LogP contribution in [0, 0.1) is 13.8 Å². The van der Waals surface area contributed by atoms with Gasteiger partial charge in [0, 0.05) is 36.8 Å². The minimum atomic E-state index is 0.522. The van der Waals surface area contributed by atoms with E-state index in [1.54, 1.807) is 0 Å². The van der Waals surface area contributed by atoms with Crippen LogP contribution < -0.4 is 5.32 Å². The van der Waals surface area contributed by atoms with Crippen molar-refractivity contribution >= 4 is 17.4 Å². The molecule has 2 aromatic heterocycles. The van der Waals surface area contributed by atoms with Crippen molar-refractivity contribution in [2.45, 2.75) is 40.2 Å². The minimum Gasteiger partial charge on any atom is -0.365 e. The number of nitrogens with zero attached hydrogens (tertiary/aromatic N) is 4. The Bertz CT molecular complexity index is 606. The molecule has 2 aromatic rings. The van der Waals surface area contributed by atoms with Gasteiger partial charge in [0.1, 0.15) is 16.8 Å². The molecule has 6 heteroatoms. The van der Waals surface area contributed by atoms with Crippen molar-refractivity contribution in [2.75, 3.05) is 5.32 Å². The van der Waals surface area contributed by atoms with Crippen molar-refractivity contribution in [3.8, 4) is 0 Å². The summed E-state index contributed by atoms with van der Waals surface area (Å²) in [6.45, 7) is 6.76. The van der Waals surface area contributed by atoms with Gasteiger partial charge in [-0.25, -0.2) is 9.97 Å². The van der Waals surface area contributed by atoms with E-state index in [1.165, 1.54) is 0 Å². The van der Waals surface area contributed by atoms with Gasteiger partial charge in [-0.1, -0.05) is 18.5 Å². The fourth-order valence-electron chi connectivity index (χ4n) is 1.94. The highest BCUT2D eigenvalue weighted by molar-refractivity contribution is 6.30. The second-order valence-corrected chi connectivity index (χ2v) is 5.24.